The molecule has 3 rings (SSSR count). The number of fused-ring (bicyclic) bond motifs is 1. The Bertz CT molecular complexity index is 469. The Morgan fingerprint density at radius 1 is 1.33 bits per heavy atom. The average Bonchev–Trinajstić information content (AvgIpc) is 2.39. The summed E-state index contributed by atoms with van der Waals surface area (Å²) in [5.41, 5.74) is 7.29. The smallest absolute Gasteiger partial charge is 0.265 e. The standard InChI is InChI=1S/C13H17N3O2/c14-9-1-2-12-11(7-9)16(13(17)8-18-12)10-3-5-15-6-4-10/h1-2,7,10,15H,3-6,8,14H2. The molecule has 96 valence electrons. The molecule has 1 fully saturated rings. The highest BCUT2D eigenvalue weighted by molar-refractivity contribution is 5.98. The summed E-state index contributed by atoms with van der Waals surface area (Å²) < 4.78 is 5.45. The van der Waals surface area contributed by atoms with Crippen molar-refractivity contribution in [1.29, 1.82) is 0 Å². The number of carbonyl (C=O) groups excluding carboxylic acids is 1. The molecule has 18 heavy (non-hydrogen) atoms. The third-order valence-corrected chi connectivity index (χ3v) is 3.54. The molecule has 1 amide bonds. The fraction of sp³-hybridized carbons (Fsp3) is 0.462. The summed E-state index contributed by atoms with van der Waals surface area (Å²) in [5.74, 6) is 0.780. The van der Waals surface area contributed by atoms with Gasteiger partial charge in [-0.05, 0) is 44.1 Å². The molecule has 1 saturated heterocycles. The van der Waals surface area contributed by atoms with Gasteiger partial charge in [-0.15, -0.1) is 0 Å². The van der Waals surface area contributed by atoms with Gasteiger partial charge < -0.3 is 20.7 Å². The first-order chi connectivity index (χ1) is 8.75. The third-order valence-electron chi connectivity index (χ3n) is 3.54. The van der Waals surface area contributed by atoms with E-state index in [-0.39, 0.29) is 18.6 Å². The minimum absolute atomic E-state index is 0.0278. The number of benzene rings is 1. The number of nitrogen functional groups attached to an aromatic ring is 1. The molecular weight excluding hydrogens is 230 g/mol. The van der Waals surface area contributed by atoms with E-state index < -0.39 is 0 Å². The average molecular weight is 247 g/mol. The van der Waals surface area contributed by atoms with Crippen LogP contribution < -0.4 is 20.7 Å². The van der Waals surface area contributed by atoms with Crippen molar-refractivity contribution in [3.63, 3.8) is 0 Å². The monoisotopic (exact) mass is 247 g/mol. The number of rotatable bonds is 1. The lowest BCUT2D eigenvalue weighted by Crippen LogP contribution is -2.49. The van der Waals surface area contributed by atoms with Crippen molar-refractivity contribution in [2.75, 3.05) is 30.3 Å². The summed E-state index contributed by atoms with van der Waals surface area (Å²) in [7, 11) is 0. The largest absolute Gasteiger partial charge is 0.482 e. The zero-order chi connectivity index (χ0) is 12.5. The van der Waals surface area contributed by atoms with Crippen molar-refractivity contribution in [2.45, 2.75) is 18.9 Å². The second kappa shape index (κ2) is 4.49. The Balaban J connectivity index is 1.97. The fourth-order valence-electron chi connectivity index (χ4n) is 2.65. The van der Waals surface area contributed by atoms with E-state index in [0.29, 0.717) is 5.69 Å². The number of anilines is 2. The molecule has 5 nitrogen and oxygen atoms in total. The number of piperidine rings is 1. The normalized spacial score (nSPS) is 20.4. The number of hydrogen-bond donors (Lipinski definition) is 2. The van der Waals surface area contributed by atoms with Gasteiger partial charge in [-0.3, -0.25) is 4.79 Å². The fourth-order valence-corrected chi connectivity index (χ4v) is 2.65. The second-order valence-corrected chi connectivity index (χ2v) is 4.76. The van der Waals surface area contributed by atoms with Crippen LogP contribution in [0.1, 0.15) is 12.8 Å². The molecule has 0 aromatic heterocycles. The quantitative estimate of drug-likeness (QED) is 0.718. The molecule has 1 aromatic carbocycles. The maximum absolute atomic E-state index is 12.1. The van der Waals surface area contributed by atoms with Gasteiger partial charge in [-0.25, -0.2) is 0 Å². The molecule has 2 aliphatic rings. The van der Waals surface area contributed by atoms with Crippen molar-refractivity contribution in [2.24, 2.45) is 0 Å². The lowest BCUT2D eigenvalue weighted by molar-refractivity contribution is -0.121. The zero-order valence-corrected chi connectivity index (χ0v) is 10.2. The lowest BCUT2D eigenvalue weighted by Gasteiger charge is -2.38. The van der Waals surface area contributed by atoms with Crippen LogP contribution in [0.25, 0.3) is 0 Å². The molecule has 2 aliphatic heterocycles. The van der Waals surface area contributed by atoms with Gasteiger partial charge in [-0.2, -0.15) is 0 Å². The Kier molecular flexibility index (Phi) is 2.83. The van der Waals surface area contributed by atoms with Gasteiger partial charge >= 0.3 is 0 Å². The van der Waals surface area contributed by atoms with Crippen LogP contribution in [0.3, 0.4) is 0 Å². The first kappa shape index (κ1) is 11.3. The van der Waals surface area contributed by atoms with E-state index in [0.717, 1.165) is 37.4 Å². The van der Waals surface area contributed by atoms with E-state index in [9.17, 15) is 4.79 Å². The van der Waals surface area contributed by atoms with Crippen molar-refractivity contribution in [3.05, 3.63) is 18.2 Å². The van der Waals surface area contributed by atoms with Crippen molar-refractivity contribution >= 4 is 17.3 Å². The molecule has 0 unspecified atom stereocenters. The summed E-state index contributed by atoms with van der Waals surface area (Å²) >= 11 is 0. The van der Waals surface area contributed by atoms with Crippen molar-refractivity contribution < 1.29 is 9.53 Å². The SMILES string of the molecule is Nc1ccc2c(c1)N(C1CCNCC1)C(=O)CO2. The van der Waals surface area contributed by atoms with Crippen LogP contribution in [0.15, 0.2) is 18.2 Å². The number of nitrogens with zero attached hydrogens (tertiary/aromatic N) is 1. The maximum atomic E-state index is 12.1. The Morgan fingerprint density at radius 2 is 2.11 bits per heavy atom. The van der Waals surface area contributed by atoms with Crippen LogP contribution in [-0.2, 0) is 4.79 Å². The van der Waals surface area contributed by atoms with Crippen molar-refractivity contribution in [1.82, 2.24) is 5.32 Å². The van der Waals surface area contributed by atoms with Gasteiger partial charge in [0.15, 0.2) is 6.61 Å². The highest BCUT2D eigenvalue weighted by atomic mass is 16.5. The molecule has 0 bridgehead atoms. The van der Waals surface area contributed by atoms with E-state index >= 15 is 0 Å². The van der Waals surface area contributed by atoms with Gasteiger partial charge in [0.05, 0.1) is 5.69 Å². The minimum Gasteiger partial charge on any atom is -0.482 e. The van der Waals surface area contributed by atoms with Gasteiger partial charge in [0, 0.05) is 11.7 Å². The Morgan fingerprint density at radius 3 is 2.89 bits per heavy atom. The predicted octanol–water partition coefficient (Wildman–Crippen LogP) is 0.746. The summed E-state index contributed by atoms with van der Waals surface area (Å²) in [6.45, 7) is 2.03. The van der Waals surface area contributed by atoms with Gasteiger partial charge in [0.25, 0.3) is 5.91 Å². The van der Waals surface area contributed by atoms with E-state index in [1.54, 1.807) is 6.07 Å². The first-order valence-electron chi connectivity index (χ1n) is 6.31. The molecule has 0 radical (unpaired) electrons. The number of nitrogens with one attached hydrogen (secondary N) is 1. The predicted molar refractivity (Wildman–Crippen MR) is 69.7 cm³/mol. The van der Waals surface area contributed by atoms with Gasteiger partial charge in [0.2, 0.25) is 0 Å². The summed E-state index contributed by atoms with van der Waals surface area (Å²) in [6, 6.07) is 5.72. The maximum Gasteiger partial charge on any atom is 0.265 e. The van der Waals surface area contributed by atoms with E-state index in [1.165, 1.54) is 0 Å². The van der Waals surface area contributed by atoms with Crippen molar-refractivity contribution in [3.8, 4) is 5.75 Å². The number of amides is 1. The van der Waals surface area contributed by atoms with Crippen LogP contribution in [0, 0.1) is 0 Å². The van der Waals surface area contributed by atoms with E-state index in [1.807, 2.05) is 17.0 Å². The molecule has 0 saturated carbocycles. The highest BCUT2D eigenvalue weighted by Gasteiger charge is 2.32. The molecule has 5 heteroatoms. The minimum atomic E-state index is 0.0278. The van der Waals surface area contributed by atoms with Gasteiger partial charge in [-0.1, -0.05) is 0 Å². The van der Waals surface area contributed by atoms with Crippen LogP contribution in [0.5, 0.6) is 5.75 Å². The molecular formula is C13H17N3O2. The lowest BCUT2D eigenvalue weighted by atomic mass is 10.0. The summed E-state index contributed by atoms with van der Waals surface area (Å²) in [4.78, 5) is 14.0. The van der Waals surface area contributed by atoms with Crippen LogP contribution in [0.4, 0.5) is 11.4 Å². The zero-order valence-electron chi connectivity index (χ0n) is 10.2. The highest BCUT2D eigenvalue weighted by Crippen LogP contribution is 2.36. The second-order valence-electron chi connectivity index (χ2n) is 4.76. The molecule has 0 spiro atoms. The number of nitrogens with two attached hydrogens (primary N) is 1. The molecule has 1 aromatic rings. The van der Waals surface area contributed by atoms with Crippen LogP contribution >= 0.6 is 0 Å². The van der Waals surface area contributed by atoms with Crippen LogP contribution in [0.2, 0.25) is 0 Å². The molecule has 0 aliphatic carbocycles. The third kappa shape index (κ3) is 1.90. The molecule has 3 N–H and O–H groups in total. The number of ether oxygens (including phenoxy) is 1. The first-order valence-corrected chi connectivity index (χ1v) is 6.31. The Hall–Kier alpha value is -1.75. The molecule has 2 heterocycles. The topological polar surface area (TPSA) is 67.6 Å². The Labute approximate surface area is 106 Å². The van der Waals surface area contributed by atoms with Crippen LogP contribution in [-0.4, -0.2) is 31.6 Å². The summed E-state index contributed by atoms with van der Waals surface area (Å²) in [6.07, 6.45) is 1.94. The number of hydrogen-bond acceptors (Lipinski definition) is 4. The van der Waals surface area contributed by atoms with E-state index in [2.05, 4.69) is 5.32 Å². The van der Waals surface area contributed by atoms with Gasteiger partial charge in [0.1, 0.15) is 5.75 Å². The van der Waals surface area contributed by atoms with E-state index in [4.69, 9.17) is 10.5 Å². The number of carbonyl (C=O) groups is 1. The summed E-state index contributed by atoms with van der Waals surface area (Å²) in [5, 5.41) is 3.31. The molecule has 0 atom stereocenters.